The number of hydrogen-bond donors (Lipinski definition) is 0. The topological polar surface area (TPSA) is 39.9 Å². The first-order valence-corrected chi connectivity index (χ1v) is 9.58. The molecule has 0 aliphatic heterocycles. The molecule has 3 aromatic carbocycles. The molecular formula is C23H20ClN3O. The molecule has 5 heteroatoms. The van der Waals surface area contributed by atoms with Gasteiger partial charge in [0, 0.05) is 11.6 Å². The molecule has 140 valence electrons. The van der Waals surface area contributed by atoms with Gasteiger partial charge in [0.2, 0.25) is 0 Å². The second-order valence-corrected chi connectivity index (χ2v) is 6.91. The highest BCUT2D eigenvalue weighted by Crippen LogP contribution is 2.17. The third kappa shape index (κ3) is 4.59. The van der Waals surface area contributed by atoms with Crippen LogP contribution in [0, 0.1) is 0 Å². The summed E-state index contributed by atoms with van der Waals surface area (Å²) >= 11 is 5.90. The summed E-state index contributed by atoms with van der Waals surface area (Å²) in [6.45, 7) is 1.33. The molecule has 0 radical (unpaired) electrons. The highest BCUT2D eigenvalue weighted by Gasteiger charge is 2.01. The number of ether oxygens (including phenoxy) is 1. The highest BCUT2D eigenvalue weighted by atomic mass is 35.5. The van der Waals surface area contributed by atoms with E-state index in [2.05, 4.69) is 34.6 Å². The third-order valence-electron chi connectivity index (χ3n) is 4.44. The molecule has 0 saturated heterocycles. The number of fused-ring (bicyclic) bond motifs is 1. The largest absolute Gasteiger partial charge is 0.489 e. The predicted molar refractivity (Wildman–Crippen MR) is 113 cm³/mol. The van der Waals surface area contributed by atoms with Gasteiger partial charge in [-0.05, 0) is 53.9 Å². The first-order chi connectivity index (χ1) is 13.8. The summed E-state index contributed by atoms with van der Waals surface area (Å²) in [4.78, 5) is 0. The maximum absolute atomic E-state index is 5.90. The van der Waals surface area contributed by atoms with Gasteiger partial charge in [0.1, 0.15) is 17.9 Å². The minimum absolute atomic E-state index is 0.526. The van der Waals surface area contributed by atoms with Crippen LogP contribution in [0.15, 0.2) is 78.9 Å². The average molecular weight is 390 g/mol. The number of hydrogen-bond acceptors (Lipinski definition) is 3. The molecule has 0 atom stereocenters. The van der Waals surface area contributed by atoms with E-state index >= 15 is 0 Å². The van der Waals surface area contributed by atoms with Crippen molar-refractivity contribution >= 4 is 28.7 Å². The third-order valence-corrected chi connectivity index (χ3v) is 4.69. The van der Waals surface area contributed by atoms with Crippen molar-refractivity contribution in [1.29, 1.82) is 0 Å². The average Bonchev–Trinajstić information content (AvgIpc) is 3.15. The molecule has 1 aromatic heterocycles. The second-order valence-electron chi connectivity index (χ2n) is 6.48. The van der Waals surface area contributed by atoms with E-state index in [1.807, 2.05) is 65.3 Å². The molecule has 0 saturated carbocycles. The van der Waals surface area contributed by atoms with Gasteiger partial charge in [0.25, 0.3) is 0 Å². The highest BCUT2D eigenvalue weighted by molar-refractivity contribution is 6.30. The quantitative estimate of drug-likeness (QED) is 0.403. The molecule has 0 unspecified atom stereocenters. The van der Waals surface area contributed by atoms with Gasteiger partial charge < -0.3 is 4.74 Å². The van der Waals surface area contributed by atoms with Crippen LogP contribution in [-0.4, -0.2) is 15.0 Å². The van der Waals surface area contributed by atoms with E-state index in [1.54, 1.807) is 0 Å². The van der Waals surface area contributed by atoms with E-state index < -0.39 is 0 Å². The number of aryl methyl sites for hydroxylation is 1. The zero-order valence-corrected chi connectivity index (χ0v) is 16.1. The summed E-state index contributed by atoms with van der Waals surface area (Å²) < 4.78 is 7.75. The van der Waals surface area contributed by atoms with E-state index in [1.165, 1.54) is 0 Å². The maximum Gasteiger partial charge on any atom is 0.119 e. The smallest absolute Gasteiger partial charge is 0.119 e. The van der Waals surface area contributed by atoms with Crippen molar-refractivity contribution in [2.24, 2.45) is 0 Å². The Bertz CT molecular complexity index is 1070. The van der Waals surface area contributed by atoms with E-state index in [-0.39, 0.29) is 0 Å². The van der Waals surface area contributed by atoms with Gasteiger partial charge in [-0.15, -0.1) is 5.10 Å². The second kappa shape index (κ2) is 8.72. The van der Waals surface area contributed by atoms with Crippen molar-refractivity contribution in [3.05, 3.63) is 95.0 Å². The van der Waals surface area contributed by atoms with Crippen LogP contribution in [-0.2, 0) is 13.2 Å². The fraction of sp³-hybridized carbons (Fsp3) is 0.130. The van der Waals surface area contributed by atoms with E-state index in [4.69, 9.17) is 16.3 Å². The van der Waals surface area contributed by atoms with Gasteiger partial charge in [0.05, 0.1) is 5.52 Å². The molecule has 0 aliphatic rings. The Morgan fingerprint density at radius 3 is 2.54 bits per heavy atom. The lowest BCUT2D eigenvalue weighted by Gasteiger charge is -2.06. The fourth-order valence-electron chi connectivity index (χ4n) is 2.92. The molecule has 0 spiro atoms. The normalized spacial score (nSPS) is 11.3. The molecule has 0 N–H and O–H groups in total. The zero-order valence-electron chi connectivity index (χ0n) is 15.3. The maximum atomic E-state index is 5.90. The number of benzene rings is 3. The van der Waals surface area contributed by atoms with Crippen LogP contribution < -0.4 is 4.74 Å². The molecule has 28 heavy (non-hydrogen) atoms. The Morgan fingerprint density at radius 2 is 1.71 bits per heavy atom. The number of rotatable bonds is 7. The van der Waals surface area contributed by atoms with Crippen LogP contribution in [0.25, 0.3) is 17.1 Å². The van der Waals surface area contributed by atoms with Gasteiger partial charge in [-0.25, -0.2) is 4.68 Å². The molecule has 0 fully saturated rings. The first kappa shape index (κ1) is 18.3. The monoisotopic (exact) mass is 389 g/mol. The Kier molecular flexibility index (Phi) is 5.69. The summed E-state index contributed by atoms with van der Waals surface area (Å²) in [7, 11) is 0. The van der Waals surface area contributed by atoms with Crippen LogP contribution in [0.5, 0.6) is 5.75 Å². The summed E-state index contributed by atoms with van der Waals surface area (Å²) in [5, 5.41) is 9.12. The van der Waals surface area contributed by atoms with Crippen LogP contribution >= 0.6 is 11.6 Å². The molecule has 4 aromatic rings. The Hall–Kier alpha value is -3.11. The van der Waals surface area contributed by atoms with Gasteiger partial charge in [-0.2, -0.15) is 0 Å². The van der Waals surface area contributed by atoms with Crippen molar-refractivity contribution < 1.29 is 4.74 Å². The van der Waals surface area contributed by atoms with Crippen molar-refractivity contribution in [2.75, 3.05) is 0 Å². The van der Waals surface area contributed by atoms with E-state index in [0.29, 0.717) is 6.61 Å². The van der Waals surface area contributed by atoms with Gasteiger partial charge >= 0.3 is 0 Å². The molecule has 4 nitrogen and oxygen atoms in total. The first-order valence-electron chi connectivity index (χ1n) is 9.20. The van der Waals surface area contributed by atoms with Crippen LogP contribution in [0.3, 0.4) is 0 Å². The lowest BCUT2D eigenvalue weighted by atomic mass is 10.2. The Labute approximate surface area is 169 Å². The van der Waals surface area contributed by atoms with Crippen molar-refractivity contribution in [3.63, 3.8) is 0 Å². The fourth-order valence-corrected chi connectivity index (χ4v) is 3.05. The molecule has 0 amide bonds. The number of para-hydroxylation sites is 1. The lowest BCUT2D eigenvalue weighted by molar-refractivity contribution is 0.306. The van der Waals surface area contributed by atoms with Gasteiger partial charge in [-0.1, -0.05) is 65.4 Å². The van der Waals surface area contributed by atoms with Gasteiger partial charge in [-0.3, -0.25) is 0 Å². The van der Waals surface area contributed by atoms with E-state index in [9.17, 15) is 0 Å². The summed E-state index contributed by atoms with van der Waals surface area (Å²) in [6.07, 6.45) is 5.16. The number of allylic oxidation sites excluding steroid dienone is 1. The standard InChI is InChI=1S/C23H20ClN3O/c24-20-12-8-19(9-13-20)17-28-21-14-10-18(11-15-21)5-3-4-16-27-23-7-2-1-6-22(23)25-26-27/h1-3,5-15H,4,16-17H2/b5-3+. The molecule has 4 rings (SSSR count). The minimum atomic E-state index is 0.526. The molecule has 1 heterocycles. The summed E-state index contributed by atoms with van der Waals surface area (Å²) in [5.74, 6) is 0.848. The molecule has 0 bridgehead atoms. The SMILES string of the molecule is Clc1ccc(COc2ccc(/C=C/CCn3nnc4ccccc43)cc2)cc1. The van der Waals surface area contributed by atoms with Crippen LogP contribution in [0.1, 0.15) is 17.5 Å². The summed E-state index contributed by atoms with van der Waals surface area (Å²) in [5.41, 5.74) is 4.23. The molecule has 0 aliphatic carbocycles. The van der Waals surface area contributed by atoms with E-state index in [0.717, 1.165) is 45.9 Å². The number of halogens is 1. The predicted octanol–water partition coefficient (Wildman–Crippen LogP) is 5.77. The van der Waals surface area contributed by atoms with Crippen LogP contribution in [0.4, 0.5) is 0 Å². The minimum Gasteiger partial charge on any atom is -0.489 e. The summed E-state index contributed by atoms with van der Waals surface area (Å²) in [6, 6.07) is 23.8. The Morgan fingerprint density at radius 1 is 0.929 bits per heavy atom. The lowest BCUT2D eigenvalue weighted by Crippen LogP contribution is -1.98. The number of nitrogens with zero attached hydrogens (tertiary/aromatic N) is 3. The number of aromatic nitrogens is 3. The van der Waals surface area contributed by atoms with Crippen LogP contribution in [0.2, 0.25) is 5.02 Å². The van der Waals surface area contributed by atoms with Crippen molar-refractivity contribution in [2.45, 2.75) is 19.6 Å². The van der Waals surface area contributed by atoms with Gasteiger partial charge in [0.15, 0.2) is 0 Å². The Balaban J connectivity index is 1.28. The molecular weight excluding hydrogens is 370 g/mol. The van der Waals surface area contributed by atoms with Crippen molar-refractivity contribution in [3.8, 4) is 5.75 Å². The van der Waals surface area contributed by atoms with Crippen molar-refractivity contribution in [1.82, 2.24) is 15.0 Å². The zero-order chi connectivity index (χ0) is 19.2.